The van der Waals surface area contributed by atoms with Gasteiger partial charge in [0.1, 0.15) is 0 Å². The summed E-state index contributed by atoms with van der Waals surface area (Å²) in [5.74, 6) is -2.57. The summed E-state index contributed by atoms with van der Waals surface area (Å²) < 4.78 is 88.2. The van der Waals surface area contributed by atoms with Crippen LogP contribution in [0, 0.1) is 5.82 Å². The Hall–Kier alpha value is -1.22. The Kier molecular flexibility index (Phi) is 6.09. The van der Waals surface area contributed by atoms with Gasteiger partial charge in [0.05, 0.1) is 6.42 Å². The van der Waals surface area contributed by atoms with Gasteiger partial charge in [-0.05, 0) is 17.7 Å². The van der Waals surface area contributed by atoms with Crippen molar-refractivity contribution in [3.05, 3.63) is 29.6 Å². The Labute approximate surface area is 115 Å². The zero-order valence-corrected chi connectivity index (χ0v) is 10.4. The first-order valence-electron chi connectivity index (χ1n) is 4.85. The predicted octanol–water partition coefficient (Wildman–Crippen LogP) is 4.10. The van der Waals surface area contributed by atoms with Gasteiger partial charge in [0.15, 0.2) is 11.6 Å². The van der Waals surface area contributed by atoms with E-state index in [1.54, 1.807) is 0 Å². The molecule has 0 radical (unpaired) electrons. The SMILES string of the molecule is Cl.N[C@H](CC(F)(F)F)c1ccc(OC(F)(F)F)c(F)c1. The van der Waals surface area contributed by atoms with Crippen LogP contribution >= 0.6 is 12.4 Å². The molecule has 0 aliphatic rings. The van der Waals surface area contributed by atoms with Crippen molar-refractivity contribution in [2.75, 3.05) is 0 Å². The van der Waals surface area contributed by atoms with Crippen molar-refractivity contribution in [1.29, 1.82) is 0 Å². The number of rotatable bonds is 3. The third kappa shape index (κ3) is 6.29. The summed E-state index contributed by atoms with van der Waals surface area (Å²) >= 11 is 0. The fraction of sp³-hybridized carbons (Fsp3) is 0.400. The lowest BCUT2D eigenvalue weighted by Crippen LogP contribution is -2.21. The Balaban J connectivity index is 0.00000361. The second-order valence-corrected chi connectivity index (χ2v) is 3.66. The number of nitrogens with two attached hydrogens (primary N) is 1. The van der Waals surface area contributed by atoms with Crippen LogP contribution in [0.5, 0.6) is 5.75 Å². The molecule has 0 unspecified atom stereocenters. The summed E-state index contributed by atoms with van der Waals surface area (Å²) in [5.41, 5.74) is 4.90. The maximum Gasteiger partial charge on any atom is 0.573 e. The Bertz CT molecular complexity index is 446. The lowest BCUT2D eigenvalue weighted by molar-refractivity contribution is -0.275. The van der Waals surface area contributed by atoms with Crippen LogP contribution in [-0.2, 0) is 0 Å². The van der Waals surface area contributed by atoms with E-state index in [2.05, 4.69) is 4.74 Å². The minimum atomic E-state index is -5.09. The molecule has 0 spiro atoms. The highest BCUT2D eigenvalue weighted by Gasteiger charge is 2.33. The van der Waals surface area contributed by atoms with Gasteiger partial charge in [-0.1, -0.05) is 6.07 Å². The highest BCUT2D eigenvalue weighted by atomic mass is 35.5. The molecule has 2 nitrogen and oxygen atoms in total. The van der Waals surface area contributed by atoms with Crippen LogP contribution in [0.4, 0.5) is 30.7 Å². The van der Waals surface area contributed by atoms with Gasteiger partial charge in [0.2, 0.25) is 0 Å². The molecule has 0 aromatic heterocycles. The van der Waals surface area contributed by atoms with Crippen molar-refractivity contribution >= 4 is 12.4 Å². The molecule has 0 aliphatic heterocycles. The van der Waals surface area contributed by atoms with Crippen LogP contribution in [0.3, 0.4) is 0 Å². The van der Waals surface area contributed by atoms with E-state index in [0.29, 0.717) is 12.1 Å². The van der Waals surface area contributed by atoms with E-state index in [4.69, 9.17) is 5.73 Å². The molecule has 1 aromatic rings. The van der Waals surface area contributed by atoms with Crippen LogP contribution in [0.1, 0.15) is 18.0 Å². The summed E-state index contributed by atoms with van der Waals surface area (Å²) in [5, 5.41) is 0. The van der Waals surface area contributed by atoms with Gasteiger partial charge in [-0.25, -0.2) is 4.39 Å². The van der Waals surface area contributed by atoms with Gasteiger partial charge in [-0.15, -0.1) is 25.6 Å². The quantitative estimate of drug-likeness (QED) is 0.848. The Morgan fingerprint density at radius 2 is 1.65 bits per heavy atom. The molecule has 0 bridgehead atoms. The van der Waals surface area contributed by atoms with E-state index < -0.39 is 36.6 Å². The van der Waals surface area contributed by atoms with Crippen molar-refractivity contribution in [2.24, 2.45) is 5.73 Å². The molecule has 2 N–H and O–H groups in total. The molecule has 0 amide bonds. The van der Waals surface area contributed by atoms with E-state index in [1.807, 2.05) is 0 Å². The summed E-state index contributed by atoms with van der Waals surface area (Å²) in [6.45, 7) is 0. The maximum absolute atomic E-state index is 13.2. The van der Waals surface area contributed by atoms with Crippen LogP contribution in [-0.4, -0.2) is 12.5 Å². The number of hydrogen-bond acceptors (Lipinski definition) is 2. The molecule has 0 aliphatic carbocycles. The lowest BCUT2D eigenvalue weighted by atomic mass is 10.0. The first-order chi connectivity index (χ1) is 8.48. The molecule has 0 saturated heterocycles. The Morgan fingerprint density at radius 1 is 1.10 bits per heavy atom. The minimum absolute atomic E-state index is 0. The van der Waals surface area contributed by atoms with Gasteiger partial charge in [-0.3, -0.25) is 0 Å². The minimum Gasteiger partial charge on any atom is -0.403 e. The monoisotopic (exact) mass is 327 g/mol. The lowest BCUT2D eigenvalue weighted by Gasteiger charge is -2.16. The average Bonchev–Trinajstić information content (AvgIpc) is 2.16. The molecular weight excluding hydrogens is 319 g/mol. The summed E-state index contributed by atoms with van der Waals surface area (Å²) in [7, 11) is 0. The van der Waals surface area contributed by atoms with Crippen LogP contribution in [0.25, 0.3) is 0 Å². The average molecular weight is 328 g/mol. The highest BCUT2D eigenvalue weighted by molar-refractivity contribution is 5.85. The predicted molar refractivity (Wildman–Crippen MR) is 57.9 cm³/mol. The molecule has 0 heterocycles. The summed E-state index contributed by atoms with van der Waals surface area (Å²) in [6.07, 6.45) is -11.1. The zero-order valence-electron chi connectivity index (χ0n) is 9.56. The fourth-order valence-electron chi connectivity index (χ4n) is 1.32. The number of halogens is 8. The normalized spacial score (nSPS) is 13.6. The van der Waals surface area contributed by atoms with E-state index in [1.165, 1.54) is 0 Å². The Morgan fingerprint density at radius 3 is 2.05 bits per heavy atom. The number of ether oxygens (including phenoxy) is 1. The zero-order chi connectivity index (χ0) is 14.8. The molecule has 10 heteroatoms. The van der Waals surface area contributed by atoms with Gasteiger partial charge in [0.25, 0.3) is 0 Å². The van der Waals surface area contributed by atoms with E-state index in [-0.39, 0.29) is 18.0 Å². The summed E-state index contributed by atoms with van der Waals surface area (Å²) in [6, 6.07) is 0.348. The van der Waals surface area contributed by atoms with Crippen molar-refractivity contribution in [1.82, 2.24) is 0 Å². The summed E-state index contributed by atoms with van der Waals surface area (Å²) in [4.78, 5) is 0. The first-order valence-corrected chi connectivity index (χ1v) is 4.85. The first kappa shape index (κ1) is 18.8. The van der Waals surface area contributed by atoms with Crippen molar-refractivity contribution in [3.63, 3.8) is 0 Å². The number of benzene rings is 1. The van der Waals surface area contributed by atoms with E-state index >= 15 is 0 Å². The topological polar surface area (TPSA) is 35.2 Å². The second kappa shape index (κ2) is 6.49. The van der Waals surface area contributed by atoms with Gasteiger partial charge in [-0.2, -0.15) is 13.2 Å². The van der Waals surface area contributed by atoms with Gasteiger partial charge >= 0.3 is 12.5 Å². The highest BCUT2D eigenvalue weighted by Crippen LogP contribution is 2.31. The van der Waals surface area contributed by atoms with Crippen LogP contribution < -0.4 is 10.5 Å². The number of alkyl halides is 6. The fourth-order valence-corrected chi connectivity index (χ4v) is 1.32. The molecule has 0 saturated carbocycles. The molecule has 1 aromatic carbocycles. The van der Waals surface area contributed by atoms with Gasteiger partial charge in [0, 0.05) is 6.04 Å². The second-order valence-electron chi connectivity index (χ2n) is 3.66. The third-order valence-electron chi connectivity index (χ3n) is 2.06. The molecule has 20 heavy (non-hydrogen) atoms. The van der Waals surface area contributed by atoms with Crippen molar-refractivity contribution in [2.45, 2.75) is 25.0 Å². The van der Waals surface area contributed by atoms with E-state index in [0.717, 1.165) is 6.07 Å². The van der Waals surface area contributed by atoms with Crippen LogP contribution in [0.2, 0.25) is 0 Å². The molecule has 1 atom stereocenters. The van der Waals surface area contributed by atoms with Gasteiger partial charge < -0.3 is 10.5 Å². The van der Waals surface area contributed by atoms with Crippen molar-refractivity contribution < 1.29 is 35.5 Å². The molecule has 116 valence electrons. The molecule has 0 fully saturated rings. The molecule has 1 rings (SSSR count). The van der Waals surface area contributed by atoms with E-state index in [9.17, 15) is 30.7 Å². The molecular formula is C10H9ClF7NO. The van der Waals surface area contributed by atoms with Crippen molar-refractivity contribution in [3.8, 4) is 5.75 Å². The number of hydrogen-bond donors (Lipinski definition) is 1. The van der Waals surface area contributed by atoms with Crippen LogP contribution in [0.15, 0.2) is 18.2 Å². The smallest absolute Gasteiger partial charge is 0.403 e. The maximum atomic E-state index is 13.2. The standard InChI is InChI=1S/C10H8F7NO.ClH/c11-6-3-5(7(18)4-9(12,13)14)1-2-8(6)19-10(15,16)17;/h1-3,7H,4,18H2;1H/t7-;/m1./s1. The third-order valence-corrected chi connectivity index (χ3v) is 2.06. The largest absolute Gasteiger partial charge is 0.573 e.